The normalized spacial score (nSPS) is 10.6. The number of carbonyl (C=O) groups excluding carboxylic acids is 2. The molecule has 3 aromatic rings. The van der Waals surface area contributed by atoms with Crippen LogP contribution in [0.2, 0.25) is 0 Å². The number of nitro benzene ring substituents is 1. The summed E-state index contributed by atoms with van der Waals surface area (Å²) in [5.74, 6) is -1.41. The van der Waals surface area contributed by atoms with Crippen molar-refractivity contribution in [2.24, 2.45) is 5.10 Å². The second-order valence-corrected chi connectivity index (χ2v) is 6.84. The maximum Gasteiger partial charge on any atom is 0.343 e. The third kappa shape index (κ3) is 7.09. The van der Waals surface area contributed by atoms with Gasteiger partial charge >= 0.3 is 11.7 Å². The minimum Gasteiger partial charge on any atom is -0.490 e. The van der Waals surface area contributed by atoms with E-state index >= 15 is 0 Å². The summed E-state index contributed by atoms with van der Waals surface area (Å²) < 4.78 is 29.1. The molecule has 0 spiro atoms. The van der Waals surface area contributed by atoms with Gasteiger partial charge in [0.25, 0.3) is 5.91 Å². The first kappa shape index (κ1) is 24.8. The van der Waals surface area contributed by atoms with Gasteiger partial charge in [-0.2, -0.15) is 5.10 Å². The van der Waals surface area contributed by atoms with Gasteiger partial charge in [0.1, 0.15) is 5.82 Å². The van der Waals surface area contributed by atoms with Crippen LogP contribution in [0.1, 0.15) is 22.8 Å². The minimum atomic E-state index is -0.682. The van der Waals surface area contributed by atoms with Crippen LogP contribution in [0.4, 0.5) is 10.1 Å². The first-order valence-electron chi connectivity index (χ1n) is 10.3. The maximum absolute atomic E-state index is 13.1. The molecule has 0 fully saturated rings. The molecule has 0 aliphatic heterocycles. The van der Waals surface area contributed by atoms with Gasteiger partial charge in [0, 0.05) is 6.07 Å². The van der Waals surface area contributed by atoms with Crippen molar-refractivity contribution < 1.29 is 33.1 Å². The Labute approximate surface area is 199 Å². The van der Waals surface area contributed by atoms with Crippen molar-refractivity contribution in [2.45, 2.75) is 6.92 Å². The Balaban J connectivity index is 1.60. The van der Waals surface area contributed by atoms with Crippen LogP contribution in [-0.2, 0) is 4.79 Å². The molecule has 1 N–H and O–H groups in total. The molecule has 0 radical (unpaired) electrons. The molecular weight excluding hydrogens is 461 g/mol. The van der Waals surface area contributed by atoms with E-state index in [2.05, 4.69) is 10.5 Å². The molecule has 0 aliphatic carbocycles. The summed E-state index contributed by atoms with van der Waals surface area (Å²) in [6.45, 7) is 1.57. The molecule has 0 saturated carbocycles. The number of nitro groups is 1. The number of amides is 1. The number of benzene rings is 3. The number of ether oxygens (including phenoxy) is 3. The van der Waals surface area contributed by atoms with Gasteiger partial charge in [-0.1, -0.05) is 12.1 Å². The van der Waals surface area contributed by atoms with Crippen molar-refractivity contribution >= 4 is 23.8 Å². The van der Waals surface area contributed by atoms with Crippen LogP contribution < -0.4 is 19.6 Å². The minimum absolute atomic E-state index is 0.0382. The van der Waals surface area contributed by atoms with Crippen LogP contribution in [0.5, 0.6) is 17.2 Å². The average molecular weight is 481 g/mol. The van der Waals surface area contributed by atoms with Crippen molar-refractivity contribution in [1.29, 1.82) is 0 Å². The molecule has 1 amide bonds. The van der Waals surface area contributed by atoms with Gasteiger partial charge in [-0.25, -0.2) is 14.6 Å². The van der Waals surface area contributed by atoms with Gasteiger partial charge in [0.2, 0.25) is 0 Å². The summed E-state index contributed by atoms with van der Waals surface area (Å²) in [6.07, 6.45) is 1.33. The summed E-state index contributed by atoms with van der Waals surface area (Å²) >= 11 is 0. The fraction of sp³-hybridized carbons (Fsp3) is 0.125. The molecule has 0 saturated heterocycles. The molecule has 0 unspecified atom stereocenters. The van der Waals surface area contributed by atoms with Crippen LogP contribution in [0, 0.1) is 15.9 Å². The summed E-state index contributed by atoms with van der Waals surface area (Å²) in [5, 5.41) is 14.8. The molecule has 0 bridgehead atoms. The van der Waals surface area contributed by atoms with E-state index in [-0.39, 0.29) is 28.5 Å². The Hall–Kier alpha value is -4.80. The van der Waals surface area contributed by atoms with Crippen molar-refractivity contribution in [3.63, 3.8) is 0 Å². The lowest BCUT2D eigenvalue weighted by atomic mass is 10.2. The van der Waals surface area contributed by atoms with E-state index in [9.17, 15) is 24.1 Å². The van der Waals surface area contributed by atoms with E-state index in [0.29, 0.717) is 12.2 Å². The fourth-order valence-corrected chi connectivity index (χ4v) is 2.79. The zero-order chi connectivity index (χ0) is 25.2. The number of hydrogen-bond acceptors (Lipinski definition) is 8. The first-order chi connectivity index (χ1) is 16.9. The SMILES string of the molecule is CCOc1cc(C=NNC(=O)COc2ccccc2[N+](=O)[O-])ccc1OC(=O)c1ccc(F)cc1. The van der Waals surface area contributed by atoms with E-state index in [1.807, 2.05) is 0 Å². The highest BCUT2D eigenvalue weighted by atomic mass is 19.1. The number of hydrogen-bond donors (Lipinski definition) is 1. The van der Waals surface area contributed by atoms with Crippen LogP contribution in [0.25, 0.3) is 0 Å². The second-order valence-electron chi connectivity index (χ2n) is 6.84. The predicted octanol–water partition coefficient (Wildman–Crippen LogP) is 3.88. The number of hydrazone groups is 1. The van der Waals surface area contributed by atoms with Gasteiger partial charge in [-0.15, -0.1) is 0 Å². The van der Waals surface area contributed by atoms with Crippen molar-refractivity contribution in [3.8, 4) is 17.2 Å². The number of carbonyl (C=O) groups is 2. The Morgan fingerprint density at radius 1 is 1.03 bits per heavy atom. The lowest BCUT2D eigenvalue weighted by Gasteiger charge is -2.11. The zero-order valence-corrected chi connectivity index (χ0v) is 18.5. The number of esters is 1. The summed E-state index contributed by atoms with van der Waals surface area (Å²) in [5.41, 5.74) is 2.69. The van der Waals surface area contributed by atoms with Gasteiger partial charge in [-0.05, 0) is 61.0 Å². The van der Waals surface area contributed by atoms with Crippen molar-refractivity contribution in [3.05, 3.63) is 93.8 Å². The Bertz CT molecular complexity index is 1250. The third-order valence-electron chi connectivity index (χ3n) is 4.37. The van der Waals surface area contributed by atoms with Crippen molar-refractivity contribution in [1.82, 2.24) is 5.43 Å². The van der Waals surface area contributed by atoms with Crippen LogP contribution in [0.15, 0.2) is 71.8 Å². The zero-order valence-electron chi connectivity index (χ0n) is 18.5. The third-order valence-corrected chi connectivity index (χ3v) is 4.37. The number of halogens is 1. The van der Waals surface area contributed by atoms with E-state index in [1.54, 1.807) is 25.1 Å². The molecule has 3 rings (SSSR count). The fourth-order valence-electron chi connectivity index (χ4n) is 2.79. The predicted molar refractivity (Wildman–Crippen MR) is 123 cm³/mol. The molecule has 11 heteroatoms. The van der Waals surface area contributed by atoms with E-state index in [1.165, 1.54) is 42.6 Å². The molecule has 180 valence electrons. The average Bonchev–Trinajstić information content (AvgIpc) is 2.85. The number of para-hydroxylation sites is 2. The molecule has 0 atom stereocenters. The van der Waals surface area contributed by atoms with E-state index in [4.69, 9.17) is 14.2 Å². The topological polar surface area (TPSA) is 129 Å². The van der Waals surface area contributed by atoms with Gasteiger partial charge in [-0.3, -0.25) is 14.9 Å². The van der Waals surface area contributed by atoms with Gasteiger partial charge in [0.15, 0.2) is 23.9 Å². The molecular formula is C24H20FN3O7. The summed E-state index contributed by atoms with van der Waals surface area (Å²) in [6, 6.07) is 15.2. The maximum atomic E-state index is 13.1. The Kier molecular flexibility index (Phi) is 8.43. The molecule has 0 heterocycles. The van der Waals surface area contributed by atoms with Gasteiger partial charge in [0.05, 0.1) is 23.3 Å². The molecule has 0 aromatic heterocycles. The lowest BCUT2D eigenvalue weighted by Crippen LogP contribution is -2.24. The highest BCUT2D eigenvalue weighted by Gasteiger charge is 2.15. The monoisotopic (exact) mass is 481 g/mol. The quantitative estimate of drug-likeness (QED) is 0.153. The van der Waals surface area contributed by atoms with Crippen molar-refractivity contribution in [2.75, 3.05) is 13.2 Å². The number of nitrogens with zero attached hydrogens (tertiary/aromatic N) is 2. The van der Waals surface area contributed by atoms with Crippen LogP contribution >= 0.6 is 0 Å². The Morgan fingerprint density at radius 2 is 1.77 bits per heavy atom. The second kappa shape index (κ2) is 11.9. The first-order valence-corrected chi connectivity index (χ1v) is 10.3. The number of rotatable bonds is 10. The highest BCUT2D eigenvalue weighted by Crippen LogP contribution is 2.29. The smallest absolute Gasteiger partial charge is 0.343 e. The van der Waals surface area contributed by atoms with Crippen LogP contribution in [0.3, 0.4) is 0 Å². The van der Waals surface area contributed by atoms with E-state index in [0.717, 1.165) is 12.1 Å². The largest absolute Gasteiger partial charge is 0.490 e. The Morgan fingerprint density at radius 3 is 2.49 bits per heavy atom. The van der Waals surface area contributed by atoms with Crippen LogP contribution in [-0.4, -0.2) is 36.2 Å². The number of nitrogens with one attached hydrogen (secondary N) is 1. The molecule has 0 aliphatic rings. The highest BCUT2D eigenvalue weighted by molar-refractivity contribution is 5.91. The standard InChI is InChI=1S/C24H20FN3O7/c1-2-33-22-13-16(7-12-21(22)35-24(30)17-8-10-18(25)11-9-17)14-26-27-23(29)15-34-20-6-4-3-5-19(20)28(31)32/h3-14H,2,15H2,1H3,(H,27,29). The lowest BCUT2D eigenvalue weighted by molar-refractivity contribution is -0.385. The van der Waals surface area contributed by atoms with E-state index < -0.39 is 29.2 Å². The molecule has 3 aromatic carbocycles. The van der Waals surface area contributed by atoms with Gasteiger partial charge < -0.3 is 14.2 Å². The summed E-state index contributed by atoms with van der Waals surface area (Å²) in [7, 11) is 0. The summed E-state index contributed by atoms with van der Waals surface area (Å²) in [4.78, 5) is 34.7. The molecule has 35 heavy (non-hydrogen) atoms. The molecule has 10 nitrogen and oxygen atoms in total.